The first kappa shape index (κ1) is 14.7. The monoisotopic (exact) mass is 249 g/mol. The molecule has 0 radical (unpaired) electrons. The molecule has 1 rings (SSSR count). The SMILES string of the molecule is Cc1ccc([C@@H](C)[C@@H](C)OC(=O)[C@H](C)N)c(C)c1. The van der Waals surface area contributed by atoms with E-state index in [0.717, 1.165) is 0 Å². The molecule has 0 aliphatic carbocycles. The fourth-order valence-corrected chi connectivity index (χ4v) is 1.98. The molecule has 0 aliphatic rings. The zero-order valence-corrected chi connectivity index (χ0v) is 11.9. The van der Waals surface area contributed by atoms with Gasteiger partial charge in [-0.3, -0.25) is 4.79 Å². The Morgan fingerprint density at radius 1 is 1.22 bits per heavy atom. The van der Waals surface area contributed by atoms with Gasteiger partial charge in [0.05, 0.1) is 0 Å². The van der Waals surface area contributed by atoms with Gasteiger partial charge in [0.1, 0.15) is 12.1 Å². The highest BCUT2D eigenvalue weighted by Crippen LogP contribution is 2.25. The first-order chi connectivity index (χ1) is 8.32. The maximum absolute atomic E-state index is 11.5. The highest BCUT2D eigenvalue weighted by Gasteiger charge is 2.21. The fraction of sp³-hybridized carbons (Fsp3) is 0.533. The van der Waals surface area contributed by atoms with E-state index in [4.69, 9.17) is 10.5 Å². The molecule has 0 spiro atoms. The number of ether oxygens (including phenoxy) is 1. The maximum Gasteiger partial charge on any atom is 0.322 e. The molecule has 0 unspecified atom stereocenters. The van der Waals surface area contributed by atoms with Crippen LogP contribution in [0.25, 0.3) is 0 Å². The highest BCUT2D eigenvalue weighted by atomic mass is 16.5. The number of carbonyl (C=O) groups excluding carboxylic acids is 1. The number of carbonyl (C=O) groups is 1. The van der Waals surface area contributed by atoms with E-state index in [2.05, 4.69) is 39.0 Å². The van der Waals surface area contributed by atoms with Crippen molar-refractivity contribution in [3.8, 4) is 0 Å². The van der Waals surface area contributed by atoms with Crippen molar-refractivity contribution in [3.05, 3.63) is 34.9 Å². The molecular formula is C15H23NO2. The molecule has 0 fully saturated rings. The van der Waals surface area contributed by atoms with E-state index in [1.54, 1.807) is 6.92 Å². The Morgan fingerprint density at radius 3 is 2.33 bits per heavy atom. The summed E-state index contributed by atoms with van der Waals surface area (Å²) >= 11 is 0. The van der Waals surface area contributed by atoms with Crippen molar-refractivity contribution in [2.45, 2.75) is 52.7 Å². The molecule has 0 amide bonds. The first-order valence-electron chi connectivity index (χ1n) is 6.36. The Hall–Kier alpha value is -1.35. The summed E-state index contributed by atoms with van der Waals surface area (Å²) < 4.78 is 5.35. The van der Waals surface area contributed by atoms with Crippen molar-refractivity contribution in [2.75, 3.05) is 0 Å². The lowest BCUT2D eigenvalue weighted by Crippen LogP contribution is -2.33. The number of aryl methyl sites for hydroxylation is 2. The summed E-state index contributed by atoms with van der Waals surface area (Å²) in [7, 11) is 0. The van der Waals surface area contributed by atoms with E-state index in [9.17, 15) is 4.79 Å². The van der Waals surface area contributed by atoms with Crippen LogP contribution in [0.3, 0.4) is 0 Å². The standard InChI is InChI=1S/C15H23NO2/c1-9-6-7-14(10(2)8-9)11(3)13(5)18-15(17)12(4)16/h6-8,11-13H,16H2,1-5H3/t11-,12-,13+/m0/s1. The first-order valence-corrected chi connectivity index (χ1v) is 6.36. The number of esters is 1. The molecule has 18 heavy (non-hydrogen) atoms. The Labute approximate surface area is 109 Å². The van der Waals surface area contributed by atoms with Crippen molar-refractivity contribution < 1.29 is 9.53 Å². The van der Waals surface area contributed by atoms with Crippen LogP contribution in [0, 0.1) is 13.8 Å². The molecule has 3 atom stereocenters. The van der Waals surface area contributed by atoms with Gasteiger partial charge in [-0.1, -0.05) is 30.7 Å². The summed E-state index contributed by atoms with van der Waals surface area (Å²) in [6.07, 6.45) is -0.176. The minimum atomic E-state index is -0.571. The van der Waals surface area contributed by atoms with E-state index in [0.29, 0.717) is 0 Å². The normalized spacial score (nSPS) is 15.9. The topological polar surface area (TPSA) is 52.3 Å². The van der Waals surface area contributed by atoms with Crippen LogP contribution in [0.1, 0.15) is 43.4 Å². The van der Waals surface area contributed by atoms with Gasteiger partial charge in [-0.25, -0.2) is 0 Å². The summed E-state index contributed by atoms with van der Waals surface area (Å²) in [4.78, 5) is 11.5. The van der Waals surface area contributed by atoms with Crippen LogP contribution in [-0.4, -0.2) is 18.1 Å². The summed E-state index contributed by atoms with van der Waals surface area (Å²) in [5.74, 6) is -0.188. The van der Waals surface area contributed by atoms with E-state index in [1.165, 1.54) is 16.7 Å². The van der Waals surface area contributed by atoms with E-state index in [1.807, 2.05) is 6.92 Å². The number of benzene rings is 1. The second kappa shape index (κ2) is 6.01. The largest absolute Gasteiger partial charge is 0.461 e. The molecule has 1 aromatic rings. The second-order valence-corrected chi connectivity index (χ2v) is 5.08. The number of hydrogen-bond acceptors (Lipinski definition) is 3. The lowest BCUT2D eigenvalue weighted by Gasteiger charge is -2.23. The molecule has 100 valence electrons. The van der Waals surface area contributed by atoms with E-state index >= 15 is 0 Å². The molecule has 3 nitrogen and oxygen atoms in total. The number of hydrogen-bond donors (Lipinski definition) is 1. The van der Waals surface area contributed by atoms with Crippen LogP contribution in [0.4, 0.5) is 0 Å². The van der Waals surface area contributed by atoms with Crippen LogP contribution in [0.5, 0.6) is 0 Å². The van der Waals surface area contributed by atoms with Crippen LogP contribution in [0.15, 0.2) is 18.2 Å². The lowest BCUT2D eigenvalue weighted by atomic mass is 9.91. The lowest BCUT2D eigenvalue weighted by molar-refractivity contribution is -0.150. The fourth-order valence-electron chi connectivity index (χ4n) is 1.98. The highest BCUT2D eigenvalue weighted by molar-refractivity contribution is 5.75. The van der Waals surface area contributed by atoms with Gasteiger partial charge >= 0.3 is 5.97 Å². The molecule has 0 heterocycles. The molecule has 0 saturated heterocycles. The third kappa shape index (κ3) is 3.57. The quantitative estimate of drug-likeness (QED) is 0.835. The third-order valence-corrected chi connectivity index (χ3v) is 3.29. The van der Waals surface area contributed by atoms with Gasteiger partial charge in [-0.05, 0) is 38.8 Å². The number of rotatable bonds is 4. The van der Waals surface area contributed by atoms with Gasteiger partial charge in [0.25, 0.3) is 0 Å². The zero-order chi connectivity index (χ0) is 13.9. The smallest absolute Gasteiger partial charge is 0.322 e. The van der Waals surface area contributed by atoms with Gasteiger partial charge in [0.15, 0.2) is 0 Å². The average Bonchev–Trinajstić information content (AvgIpc) is 2.27. The molecule has 0 aromatic heterocycles. The van der Waals surface area contributed by atoms with Crippen molar-refractivity contribution in [2.24, 2.45) is 5.73 Å². The Kier molecular flexibility index (Phi) is 4.91. The summed E-state index contributed by atoms with van der Waals surface area (Å²) in [6.45, 7) is 9.76. The second-order valence-electron chi connectivity index (χ2n) is 5.08. The zero-order valence-electron chi connectivity index (χ0n) is 11.9. The molecular weight excluding hydrogens is 226 g/mol. The predicted molar refractivity (Wildman–Crippen MR) is 73.5 cm³/mol. The Balaban J connectivity index is 2.80. The third-order valence-electron chi connectivity index (χ3n) is 3.29. The molecule has 1 aromatic carbocycles. The van der Waals surface area contributed by atoms with E-state index in [-0.39, 0.29) is 18.0 Å². The summed E-state index contributed by atoms with van der Waals surface area (Å²) in [5, 5.41) is 0. The van der Waals surface area contributed by atoms with Gasteiger partial charge in [-0.15, -0.1) is 0 Å². The molecule has 0 aliphatic heterocycles. The summed E-state index contributed by atoms with van der Waals surface area (Å²) in [6, 6.07) is 5.76. The maximum atomic E-state index is 11.5. The minimum Gasteiger partial charge on any atom is -0.461 e. The van der Waals surface area contributed by atoms with Crippen LogP contribution < -0.4 is 5.73 Å². The molecule has 3 heteroatoms. The molecule has 0 saturated carbocycles. The molecule has 2 N–H and O–H groups in total. The summed E-state index contributed by atoms with van der Waals surface area (Å²) in [5.41, 5.74) is 9.18. The van der Waals surface area contributed by atoms with Crippen LogP contribution in [-0.2, 0) is 9.53 Å². The Bertz CT molecular complexity index is 427. The van der Waals surface area contributed by atoms with Crippen molar-refractivity contribution in [1.29, 1.82) is 0 Å². The number of nitrogens with two attached hydrogens (primary N) is 1. The van der Waals surface area contributed by atoms with Crippen LogP contribution in [0.2, 0.25) is 0 Å². The van der Waals surface area contributed by atoms with Gasteiger partial charge in [0.2, 0.25) is 0 Å². The van der Waals surface area contributed by atoms with Gasteiger partial charge in [-0.2, -0.15) is 0 Å². The van der Waals surface area contributed by atoms with Crippen molar-refractivity contribution >= 4 is 5.97 Å². The van der Waals surface area contributed by atoms with Crippen molar-refractivity contribution in [1.82, 2.24) is 0 Å². The van der Waals surface area contributed by atoms with Crippen LogP contribution >= 0.6 is 0 Å². The van der Waals surface area contributed by atoms with Crippen molar-refractivity contribution in [3.63, 3.8) is 0 Å². The minimum absolute atomic E-state index is 0.160. The van der Waals surface area contributed by atoms with Gasteiger partial charge in [0, 0.05) is 5.92 Å². The van der Waals surface area contributed by atoms with Gasteiger partial charge < -0.3 is 10.5 Å². The average molecular weight is 249 g/mol. The predicted octanol–water partition coefficient (Wildman–Crippen LogP) is 2.69. The molecule has 0 bridgehead atoms. The Morgan fingerprint density at radius 2 is 1.83 bits per heavy atom. The van der Waals surface area contributed by atoms with E-state index < -0.39 is 6.04 Å².